The first-order valence-corrected chi connectivity index (χ1v) is 13.8. The molecule has 0 aliphatic carbocycles. The van der Waals surface area contributed by atoms with Gasteiger partial charge in [-0.15, -0.1) is 0 Å². The maximum atomic E-state index is 14.4. The smallest absolute Gasteiger partial charge is 0.318 e. The summed E-state index contributed by atoms with van der Waals surface area (Å²) >= 11 is 6.38. The summed E-state index contributed by atoms with van der Waals surface area (Å²) in [7, 11) is 0. The molecule has 0 unspecified atom stereocenters. The number of rotatable bonds is 8. The van der Waals surface area contributed by atoms with Crippen LogP contribution in [0.25, 0.3) is 10.8 Å². The summed E-state index contributed by atoms with van der Waals surface area (Å²) in [5.74, 6) is -2.00. The van der Waals surface area contributed by atoms with E-state index in [1.807, 2.05) is 34.1 Å². The van der Waals surface area contributed by atoms with Crippen LogP contribution in [0.15, 0.2) is 42.7 Å². The lowest BCUT2D eigenvalue weighted by atomic mass is 10.0. The molecular weight excluding hydrogens is 576 g/mol. The molecule has 1 atom stereocenters. The van der Waals surface area contributed by atoms with Gasteiger partial charge in [0.05, 0.1) is 42.4 Å². The van der Waals surface area contributed by atoms with Gasteiger partial charge in [0.15, 0.2) is 5.83 Å². The molecule has 3 heterocycles. The van der Waals surface area contributed by atoms with Crippen LogP contribution < -0.4 is 14.5 Å². The Balaban J connectivity index is 1.50. The minimum atomic E-state index is -2.56. The van der Waals surface area contributed by atoms with Gasteiger partial charge >= 0.3 is 6.01 Å². The molecule has 2 aliphatic rings. The van der Waals surface area contributed by atoms with Crippen LogP contribution in [-0.2, 0) is 17.8 Å². The summed E-state index contributed by atoms with van der Waals surface area (Å²) in [6.07, 6.45) is -2.61. The van der Waals surface area contributed by atoms with Crippen molar-refractivity contribution in [2.45, 2.75) is 38.3 Å². The predicted octanol–water partition coefficient (Wildman–Crippen LogP) is 5.43. The number of alkyl halides is 2. The summed E-state index contributed by atoms with van der Waals surface area (Å²) in [5.41, 5.74) is 2.11. The minimum Gasteiger partial charge on any atom is -0.463 e. The normalized spacial score (nSPS) is 16.9. The van der Waals surface area contributed by atoms with E-state index in [1.54, 1.807) is 6.07 Å². The Morgan fingerprint density at radius 3 is 2.74 bits per heavy atom. The van der Waals surface area contributed by atoms with Gasteiger partial charge in [-0.1, -0.05) is 36.4 Å². The summed E-state index contributed by atoms with van der Waals surface area (Å²) in [6.45, 7) is 4.19. The number of fused-ring (bicyclic) bond motifs is 2. The van der Waals surface area contributed by atoms with Crippen molar-refractivity contribution >= 4 is 39.8 Å². The lowest BCUT2D eigenvalue weighted by Gasteiger charge is -2.42. The van der Waals surface area contributed by atoms with Crippen molar-refractivity contribution in [3.63, 3.8) is 0 Å². The van der Waals surface area contributed by atoms with Crippen molar-refractivity contribution < 1.29 is 27.1 Å². The van der Waals surface area contributed by atoms with E-state index in [1.165, 1.54) is 11.0 Å². The fraction of sp³-hybridized carbons (Fsp3) is 0.379. The average Bonchev–Trinajstić information content (AvgIpc) is 2.97. The van der Waals surface area contributed by atoms with E-state index in [9.17, 15) is 27.6 Å². The number of halogens is 5. The molecule has 13 heteroatoms. The number of amides is 1. The van der Waals surface area contributed by atoms with Gasteiger partial charge in [0.25, 0.3) is 5.91 Å². The zero-order valence-electron chi connectivity index (χ0n) is 22.5. The molecule has 220 valence electrons. The molecule has 0 spiro atoms. The number of hydrogen-bond acceptors (Lipinski definition) is 7. The van der Waals surface area contributed by atoms with Crippen molar-refractivity contribution in [3.8, 4) is 12.1 Å². The third kappa shape index (κ3) is 5.92. The molecule has 0 N–H and O–H groups in total. The molecule has 5 rings (SSSR count). The van der Waals surface area contributed by atoms with Crippen LogP contribution in [0.3, 0.4) is 0 Å². The van der Waals surface area contributed by atoms with E-state index in [4.69, 9.17) is 16.3 Å². The molecule has 0 bridgehead atoms. The molecule has 2 aromatic carbocycles. The summed E-state index contributed by atoms with van der Waals surface area (Å²) in [4.78, 5) is 26.7. The van der Waals surface area contributed by atoms with Crippen LogP contribution in [-0.4, -0.2) is 66.0 Å². The first-order valence-electron chi connectivity index (χ1n) is 13.4. The Morgan fingerprint density at radius 1 is 1.19 bits per heavy atom. The average molecular weight is 603 g/mol. The molecule has 0 saturated carbocycles. The molecular formula is C29H27ClF4N6O2. The monoisotopic (exact) mass is 602 g/mol. The zero-order chi connectivity index (χ0) is 30.0. The SMILES string of the molecule is C=C(F)C(=O)N1CCN(c2nc(OCCC(F)F)nc3c2CCN(c2cccc4ccc(F)c(Cl)c24)C3)C[C@@H]1CC#N. The number of anilines is 2. The molecule has 3 aromatic rings. The molecule has 2 aliphatic heterocycles. The lowest BCUT2D eigenvalue weighted by molar-refractivity contribution is -0.131. The summed E-state index contributed by atoms with van der Waals surface area (Å²) < 4.78 is 59.3. The van der Waals surface area contributed by atoms with Crippen molar-refractivity contribution in [2.24, 2.45) is 0 Å². The predicted molar refractivity (Wildman–Crippen MR) is 150 cm³/mol. The van der Waals surface area contributed by atoms with E-state index >= 15 is 0 Å². The molecule has 8 nitrogen and oxygen atoms in total. The Kier molecular flexibility index (Phi) is 8.68. The Hall–Kier alpha value is -4.11. The lowest BCUT2D eigenvalue weighted by Crippen LogP contribution is -2.55. The van der Waals surface area contributed by atoms with E-state index in [0.717, 1.165) is 16.6 Å². The maximum Gasteiger partial charge on any atom is 0.318 e. The van der Waals surface area contributed by atoms with Gasteiger partial charge in [-0.3, -0.25) is 4.79 Å². The first kappa shape index (κ1) is 29.4. The number of carbonyl (C=O) groups excluding carboxylic acids is 1. The highest BCUT2D eigenvalue weighted by Crippen LogP contribution is 2.38. The van der Waals surface area contributed by atoms with Crippen LogP contribution >= 0.6 is 11.6 Å². The molecule has 0 radical (unpaired) electrons. The van der Waals surface area contributed by atoms with Crippen molar-refractivity contribution in [1.82, 2.24) is 14.9 Å². The van der Waals surface area contributed by atoms with Gasteiger partial charge < -0.3 is 19.4 Å². The van der Waals surface area contributed by atoms with Gasteiger partial charge in [0.1, 0.15) is 11.6 Å². The number of ether oxygens (including phenoxy) is 1. The van der Waals surface area contributed by atoms with Crippen LogP contribution in [0.2, 0.25) is 5.02 Å². The second kappa shape index (κ2) is 12.4. The third-order valence-corrected chi connectivity index (χ3v) is 7.82. The first-order chi connectivity index (χ1) is 20.2. The highest BCUT2D eigenvalue weighted by Gasteiger charge is 2.35. The van der Waals surface area contributed by atoms with Gasteiger partial charge in [-0.2, -0.15) is 15.2 Å². The van der Waals surface area contributed by atoms with Crippen LogP contribution in [0, 0.1) is 17.1 Å². The second-order valence-corrected chi connectivity index (χ2v) is 10.4. The van der Waals surface area contributed by atoms with Crippen molar-refractivity contribution in [2.75, 3.05) is 42.6 Å². The topological polar surface area (TPSA) is 85.6 Å². The van der Waals surface area contributed by atoms with E-state index in [-0.39, 0.29) is 50.2 Å². The Morgan fingerprint density at radius 2 is 2.00 bits per heavy atom. The number of carbonyl (C=O) groups is 1. The van der Waals surface area contributed by atoms with Crippen LogP contribution in [0.1, 0.15) is 24.1 Å². The highest BCUT2D eigenvalue weighted by atomic mass is 35.5. The molecule has 42 heavy (non-hydrogen) atoms. The van der Waals surface area contributed by atoms with E-state index < -0.39 is 36.4 Å². The summed E-state index contributed by atoms with van der Waals surface area (Å²) in [6, 6.07) is 9.87. The number of nitrogens with zero attached hydrogens (tertiary/aromatic N) is 6. The minimum absolute atomic E-state index is 0.0141. The fourth-order valence-electron chi connectivity index (χ4n) is 5.47. The number of aromatic nitrogens is 2. The van der Waals surface area contributed by atoms with Gasteiger partial charge in [0, 0.05) is 49.2 Å². The van der Waals surface area contributed by atoms with Gasteiger partial charge in [0.2, 0.25) is 6.43 Å². The highest BCUT2D eigenvalue weighted by molar-refractivity contribution is 6.36. The van der Waals surface area contributed by atoms with Crippen LogP contribution in [0.5, 0.6) is 6.01 Å². The zero-order valence-corrected chi connectivity index (χ0v) is 23.3. The second-order valence-electron chi connectivity index (χ2n) is 10.1. The van der Waals surface area contributed by atoms with Gasteiger partial charge in [-0.25, -0.2) is 17.6 Å². The van der Waals surface area contributed by atoms with Crippen molar-refractivity contribution in [3.05, 3.63) is 64.8 Å². The number of benzene rings is 2. The summed E-state index contributed by atoms with van der Waals surface area (Å²) in [5, 5.41) is 10.7. The standard InChI is InChI=1S/C29H27ClF4N6O2/c1-17(31)28(41)40-13-12-39(15-19(40)7-10-35)27-20-8-11-38(16-22(20)36-29(37-27)42-14-9-24(33)34)23-4-2-3-18-5-6-21(32)26(30)25(18)23/h2-6,19,24H,1,7-9,11-16H2/t19-/m0/s1. The van der Waals surface area contributed by atoms with E-state index in [0.29, 0.717) is 29.9 Å². The number of hydrogen-bond donors (Lipinski definition) is 0. The largest absolute Gasteiger partial charge is 0.463 e. The third-order valence-electron chi connectivity index (χ3n) is 7.45. The van der Waals surface area contributed by atoms with Gasteiger partial charge in [-0.05, 0) is 23.9 Å². The van der Waals surface area contributed by atoms with Crippen LogP contribution in [0.4, 0.5) is 29.1 Å². The van der Waals surface area contributed by atoms with E-state index in [2.05, 4.69) is 16.5 Å². The molecule has 1 aromatic heterocycles. The molecule has 1 amide bonds. The quantitative estimate of drug-likeness (QED) is 0.251. The Labute approximate surface area is 244 Å². The van der Waals surface area contributed by atoms with Crippen molar-refractivity contribution in [1.29, 1.82) is 5.26 Å². The maximum absolute atomic E-state index is 14.4. The fourth-order valence-corrected chi connectivity index (χ4v) is 5.73. The number of nitriles is 1. The molecule has 1 fully saturated rings. The Bertz CT molecular complexity index is 1570. The molecule has 1 saturated heterocycles. The number of piperazine rings is 1.